The molecule has 0 radical (unpaired) electrons. The molecule has 0 aromatic heterocycles. The van der Waals surface area contributed by atoms with Gasteiger partial charge in [-0.15, -0.1) is 0 Å². The van der Waals surface area contributed by atoms with Crippen molar-refractivity contribution < 1.29 is 4.39 Å². The lowest BCUT2D eigenvalue weighted by Gasteiger charge is -2.26. The topological polar surface area (TPSA) is 52.0 Å². The summed E-state index contributed by atoms with van der Waals surface area (Å²) in [4.78, 5) is 0. The van der Waals surface area contributed by atoms with Gasteiger partial charge < -0.3 is 11.5 Å². The number of benzene rings is 1. The average Bonchev–Trinajstić information content (AvgIpc) is 2.21. The van der Waals surface area contributed by atoms with Crippen LogP contribution >= 0.6 is 15.9 Å². The van der Waals surface area contributed by atoms with Gasteiger partial charge in [0.25, 0.3) is 0 Å². The zero-order chi connectivity index (χ0) is 12.3. The maximum absolute atomic E-state index is 13.6. The monoisotopic (exact) mass is 288 g/mol. The molecule has 4 heteroatoms. The normalized spacial score (nSPS) is 13.9. The quantitative estimate of drug-likeness (QED) is 0.895. The van der Waals surface area contributed by atoms with Crippen LogP contribution in [-0.4, -0.2) is 6.54 Å². The Labute approximate surface area is 104 Å². The summed E-state index contributed by atoms with van der Waals surface area (Å²) in [6, 6.07) is 4.50. The van der Waals surface area contributed by atoms with Crippen molar-refractivity contribution in [1.82, 2.24) is 0 Å². The molecule has 0 amide bonds. The van der Waals surface area contributed by atoms with E-state index in [0.717, 1.165) is 4.47 Å². The Balaban J connectivity index is 2.88. The summed E-state index contributed by atoms with van der Waals surface area (Å²) in [5.41, 5.74) is 12.1. The van der Waals surface area contributed by atoms with E-state index in [1.165, 1.54) is 6.07 Å². The van der Waals surface area contributed by atoms with Gasteiger partial charge in [0.15, 0.2) is 0 Å². The Morgan fingerprint density at radius 2 is 2.06 bits per heavy atom. The molecule has 1 unspecified atom stereocenters. The summed E-state index contributed by atoms with van der Waals surface area (Å²) in [6.45, 7) is 4.60. The minimum Gasteiger partial charge on any atom is -0.330 e. The van der Waals surface area contributed by atoms with E-state index in [4.69, 9.17) is 11.5 Å². The predicted octanol–water partition coefficient (Wildman–Crippen LogP) is 2.96. The summed E-state index contributed by atoms with van der Waals surface area (Å²) < 4.78 is 14.4. The van der Waals surface area contributed by atoms with Crippen LogP contribution in [-0.2, 0) is 0 Å². The number of rotatable bonds is 4. The molecule has 0 saturated heterocycles. The lowest BCUT2D eigenvalue weighted by Crippen LogP contribution is -2.29. The van der Waals surface area contributed by atoms with Crippen LogP contribution in [0, 0.1) is 11.2 Å². The molecular formula is C12H18BrFN2. The van der Waals surface area contributed by atoms with Crippen LogP contribution in [0.3, 0.4) is 0 Å². The molecule has 0 bridgehead atoms. The van der Waals surface area contributed by atoms with Gasteiger partial charge in [0.05, 0.1) is 0 Å². The van der Waals surface area contributed by atoms with Crippen molar-refractivity contribution in [1.29, 1.82) is 0 Å². The summed E-state index contributed by atoms with van der Waals surface area (Å²) in [5.74, 6) is -0.261. The van der Waals surface area contributed by atoms with Crippen molar-refractivity contribution in [3.8, 4) is 0 Å². The number of hydrogen-bond acceptors (Lipinski definition) is 2. The van der Waals surface area contributed by atoms with Crippen molar-refractivity contribution in [2.75, 3.05) is 6.54 Å². The Hall–Kier alpha value is -0.450. The first-order valence-electron chi connectivity index (χ1n) is 5.26. The fourth-order valence-electron chi connectivity index (χ4n) is 1.59. The summed E-state index contributed by atoms with van der Waals surface area (Å²) in [6.07, 6.45) is 0.664. The lowest BCUT2D eigenvalue weighted by atomic mass is 9.84. The van der Waals surface area contributed by atoms with Crippen molar-refractivity contribution >= 4 is 15.9 Å². The Kier molecular flexibility index (Phi) is 4.47. The standard InChI is InChI=1S/C12H18BrFN2/c1-12(2,7-15)6-11(16)9-5-8(13)3-4-10(9)14/h3-5,11H,6-7,15-16H2,1-2H3. The van der Waals surface area contributed by atoms with Gasteiger partial charge in [0.2, 0.25) is 0 Å². The molecule has 1 aromatic rings. The van der Waals surface area contributed by atoms with Crippen LogP contribution in [0.15, 0.2) is 22.7 Å². The molecule has 2 nitrogen and oxygen atoms in total. The molecule has 4 N–H and O–H groups in total. The van der Waals surface area contributed by atoms with Crippen molar-refractivity contribution in [3.05, 3.63) is 34.1 Å². The van der Waals surface area contributed by atoms with Crippen LogP contribution in [0.5, 0.6) is 0 Å². The van der Waals surface area contributed by atoms with Gasteiger partial charge >= 0.3 is 0 Å². The minimum absolute atomic E-state index is 0.0752. The molecule has 0 aliphatic rings. The molecule has 0 aliphatic heterocycles. The third-order valence-electron chi connectivity index (χ3n) is 2.68. The first-order valence-corrected chi connectivity index (χ1v) is 6.05. The Morgan fingerprint density at radius 3 is 2.62 bits per heavy atom. The van der Waals surface area contributed by atoms with Gasteiger partial charge in [-0.2, -0.15) is 0 Å². The lowest BCUT2D eigenvalue weighted by molar-refractivity contribution is 0.314. The molecule has 0 saturated carbocycles. The summed E-state index contributed by atoms with van der Waals surface area (Å²) >= 11 is 3.31. The maximum atomic E-state index is 13.6. The highest BCUT2D eigenvalue weighted by Gasteiger charge is 2.22. The van der Waals surface area contributed by atoms with Gasteiger partial charge in [0.1, 0.15) is 5.82 Å². The van der Waals surface area contributed by atoms with Gasteiger partial charge in [-0.25, -0.2) is 4.39 Å². The van der Waals surface area contributed by atoms with Crippen LogP contribution in [0.4, 0.5) is 4.39 Å². The fraction of sp³-hybridized carbons (Fsp3) is 0.500. The van der Waals surface area contributed by atoms with Crippen molar-refractivity contribution in [2.24, 2.45) is 16.9 Å². The molecule has 0 fully saturated rings. The molecule has 90 valence electrons. The number of halogens is 2. The zero-order valence-corrected chi connectivity index (χ0v) is 11.2. The Bertz CT molecular complexity index is 366. The number of hydrogen-bond donors (Lipinski definition) is 2. The van der Waals surface area contributed by atoms with E-state index >= 15 is 0 Å². The van der Waals surface area contributed by atoms with E-state index in [1.54, 1.807) is 12.1 Å². The highest BCUT2D eigenvalue weighted by atomic mass is 79.9. The van der Waals surface area contributed by atoms with Crippen molar-refractivity contribution in [3.63, 3.8) is 0 Å². The van der Waals surface area contributed by atoms with Gasteiger partial charge in [-0.3, -0.25) is 0 Å². The first-order chi connectivity index (χ1) is 7.35. The number of nitrogens with two attached hydrogens (primary N) is 2. The van der Waals surface area contributed by atoms with Gasteiger partial charge in [-0.05, 0) is 36.6 Å². The molecular weight excluding hydrogens is 271 g/mol. The molecule has 1 atom stereocenters. The van der Waals surface area contributed by atoms with Crippen LogP contribution in [0.25, 0.3) is 0 Å². The molecule has 1 rings (SSSR count). The highest BCUT2D eigenvalue weighted by molar-refractivity contribution is 9.10. The molecule has 0 heterocycles. The van der Waals surface area contributed by atoms with E-state index in [1.807, 2.05) is 13.8 Å². The van der Waals surface area contributed by atoms with Crippen LogP contribution < -0.4 is 11.5 Å². The van der Waals surface area contributed by atoms with E-state index in [0.29, 0.717) is 18.5 Å². The van der Waals surface area contributed by atoms with Crippen LogP contribution in [0.2, 0.25) is 0 Å². The first kappa shape index (κ1) is 13.6. The average molecular weight is 289 g/mol. The Morgan fingerprint density at radius 1 is 1.44 bits per heavy atom. The maximum Gasteiger partial charge on any atom is 0.128 e. The highest BCUT2D eigenvalue weighted by Crippen LogP contribution is 2.30. The van der Waals surface area contributed by atoms with E-state index in [9.17, 15) is 4.39 Å². The van der Waals surface area contributed by atoms with Gasteiger partial charge in [-0.1, -0.05) is 29.8 Å². The van der Waals surface area contributed by atoms with E-state index in [-0.39, 0.29) is 17.3 Å². The van der Waals surface area contributed by atoms with Crippen LogP contribution in [0.1, 0.15) is 31.9 Å². The SMILES string of the molecule is CC(C)(CN)CC(N)c1cc(Br)ccc1F. The zero-order valence-electron chi connectivity index (χ0n) is 9.63. The molecule has 16 heavy (non-hydrogen) atoms. The molecule has 1 aromatic carbocycles. The van der Waals surface area contributed by atoms with E-state index < -0.39 is 0 Å². The fourth-order valence-corrected chi connectivity index (χ4v) is 1.97. The summed E-state index contributed by atoms with van der Waals surface area (Å²) in [5, 5.41) is 0. The summed E-state index contributed by atoms with van der Waals surface area (Å²) in [7, 11) is 0. The third kappa shape index (κ3) is 3.54. The molecule has 0 aliphatic carbocycles. The second kappa shape index (κ2) is 5.25. The minimum atomic E-state index is -0.323. The largest absolute Gasteiger partial charge is 0.330 e. The van der Waals surface area contributed by atoms with Crippen molar-refractivity contribution in [2.45, 2.75) is 26.3 Å². The van der Waals surface area contributed by atoms with E-state index in [2.05, 4.69) is 15.9 Å². The predicted molar refractivity (Wildman–Crippen MR) is 68.5 cm³/mol. The third-order valence-corrected chi connectivity index (χ3v) is 3.18. The molecule has 0 spiro atoms. The van der Waals surface area contributed by atoms with Gasteiger partial charge in [0, 0.05) is 16.1 Å². The smallest absolute Gasteiger partial charge is 0.128 e. The second-order valence-electron chi connectivity index (χ2n) is 4.84. The second-order valence-corrected chi connectivity index (χ2v) is 5.76.